The van der Waals surface area contributed by atoms with Crippen molar-refractivity contribution in [2.45, 2.75) is 9.79 Å². The van der Waals surface area contributed by atoms with Crippen LogP contribution in [0.25, 0.3) is 0 Å². The number of aromatic hydroxyl groups is 1. The molecule has 0 bridgehead atoms. The molecule has 2 aromatic rings. The van der Waals surface area contributed by atoms with Crippen LogP contribution in [0.15, 0.2) is 58.3 Å². The molecule has 0 saturated carbocycles. The number of rotatable bonds is 4. The highest BCUT2D eigenvalue weighted by molar-refractivity contribution is 8.10. The first-order valence-electron chi connectivity index (χ1n) is 5.70. The van der Waals surface area contributed by atoms with Gasteiger partial charge in [-0.1, -0.05) is 18.2 Å². The Kier molecular flexibility index (Phi) is 4.36. The van der Waals surface area contributed by atoms with E-state index in [1.807, 2.05) is 0 Å². The molecule has 2 aromatic carbocycles. The minimum Gasteiger partial charge on any atom is -0.508 e. The van der Waals surface area contributed by atoms with E-state index in [1.165, 1.54) is 24.3 Å². The summed E-state index contributed by atoms with van der Waals surface area (Å²) < 4.78 is 30.4. The second kappa shape index (κ2) is 5.75. The summed E-state index contributed by atoms with van der Waals surface area (Å²) in [5, 5.41) is 9.55. The molecule has 0 atom stereocenters. The predicted molar refractivity (Wildman–Crippen MR) is 83.3 cm³/mol. The fraction of sp³-hybridized carbons (Fsp3) is 0. The van der Waals surface area contributed by atoms with Gasteiger partial charge in [0.2, 0.25) is 16.4 Å². The van der Waals surface area contributed by atoms with Crippen LogP contribution in [0, 0.1) is 0 Å². The van der Waals surface area contributed by atoms with Crippen LogP contribution in [-0.2, 0) is 21.6 Å². The molecule has 5 N–H and O–H groups in total. The topological polar surface area (TPSA) is 116 Å². The summed E-state index contributed by atoms with van der Waals surface area (Å²) in [5.41, 5.74) is 11.0. The molecule has 0 aliphatic carbocycles. The van der Waals surface area contributed by atoms with Gasteiger partial charge in [0.25, 0.3) is 0 Å². The minimum absolute atomic E-state index is 0.0581. The van der Waals surface area contributed by atoms with Gasteiger partial charge in [-0.05, 0) is 36.1 Å². The maximum Gasteiger partial charge on any atom is 0.242 e. The number of nitrogens with two attached hydrogens (primary N) is 2. The van der Waals surface area contributed by atoms with E-state index < -0.39 is 16.4 Å². The molecule has 21 heavy (non-hydrogen) atoms. The Labute approximate surface area is 127 Å². The second-order valence-electron chi connectivity index (χ2n) is 4.18. The lowest BCUT2D eigenvalue weighted by Crippen LogP contribution is -2.12. The van der Waals surface area contributed by atoms with Gasteiger partial charge in [0.15, 0.2) is 0 Å². The third kappa shape index (κ3) is 3.81. The number of benzene rings is 2. The SMILES string of the molecule is NP(N)(=S)Oc1ccc(O)cc1S(=O)(=O)c1ccccc1. The summed E-state index contributed by atoms with van der Waals surface area (Å²) in [6.07, 6.45) is 0. The van der Waals surface area contributed by atoms with E-state index in [0.717, 1.165) is 6.07 Å². The summed E-state index contributed by atoms with van der Waals surface area (Å²) in [6, 6.07) is 11.4. The van der Waals surface area contributed by atoms with Crippen molar-refractivity contribution in [1.82, 2.24) is 0 Å². The lowest BCUT2D eigenvalue weighted by Gasteiger charge is -2.16. The second-order valence-corrected chi connectivity index (χ2v) is 9.29. The molecule has 0 unspecified atom stereocenters. The van der Waals surface area contributed by atoms with Crippen LogP contribution >= 0.6 is 6.57 Å². The summed E-state index contributed by atoms with van der Waals surface area (Å²) >= 11 is 4.79. The molecule has 9 heteroatoms. The zero-order chi connectivity index (χ0) is 15.7. The van der Waals surface area contributed by atoms with E-state index in [4.69, 9.17) is 27.3 Å². The normalized spacial score (nSPS) is 12.1. The minimum atomic E-state index is -3.89. The van der Waals surface area contributed by atoms with Crippen molar-refractivity contribution in [1.29, 1.82) is 0 Å². The first-order chi connectivity index (χ1) is 9.70. The zero-order valence-corrected chi connectivity index (χ0v) is 13.2. The highest BCUT2D eigenvalue weighted by atomic mass is 32.4. The Bertz CT molecular complexity index is 803. The molecule has 2 rings (SSSR count). The number of phenolic OH excluding ortho intramolecular Hbond substituents is 1. The van der Waals surface area contributed by atoms with Gasteiger partial charge in [0.05, 0.1) is 4.90 Å². The summed E-state index contributed by atoms with van der Waals surface area (Å²) in [6.45, 7) is -3.10. The van der Waals surface area contributed by atoms with E-state index in [1.54, 1.807) is 18.2 Å². The molecule has 0 saturated heterocycles. The molecule has 112 valence electrons. The van der Waals surface area contributed by atoms with Gasteiger partial charge in [-0.25, -0.2) is 8.42 Å². The van der Waals surface area contributed by atoms with E-state index >= 15 is 0 Å². The molecule has 0 aliphatic heterocycles. The van der Waals surface area contributed by atoms with Gasteiger partial charge in [0, 0.05) is 6.07 Å². The van der Waals surface area contributed by atoms with Crippen LogP contribution in [-0.4, -0.2) is 13.5 Å². The first-order valence-corrected chi connectivity index (χ1v) is 10.0. The highest BCUT2D eigenvalue weighted by Gasteiger charge is 2.24. The largest absolute Gasteiger partial charge is 0.508 e. The Morgan fingerprint density at radius 3 is 2.29 bits per heavy atom. The van der Waals surface area contributed by atoms with Gasteiger partial charge in [-0.15, -0.1) is 0 Å². The number of phenols is 1. The quantitative estimate of drug-likeness (QED) is 0.724. The monoisotopic (exact) mass is 344 g/mol. The maximum atomic E-state index is 12.6. The predicted octanol–water partition coefficient (Wildman–Crippen LogP) is 1.75. The number of sulfone groups is 1. The Hall–Kier alpha value is -1.44. The van der Waals surface area contributed by atoms with E-state index in [-0.39, 0.29) is 21.3 Å². The third-order valence-corrected chi connectivity index (χ3v) is 5.01. The van der Waals surface area contributed by atoms with E-state index in [0.29, 0.717) is 0 Å². The van der Waals surface area contributed by atoms with Gasteiger partial charge in [0.1, 0.15) is 16.4 Å². The van der Waals surface area contributed by atoms with Crippen molar-refractivity contribution < 1.29 is 18.0 Å². The van der Waals surface area contributed by atoms with Gasteiger partial charge < -0.3 is 9.63 Å². The molecule has 0 aliphatic rings. The molecule has 6 nitrogen and oxygen atoms in total. The van der Waals surface area contributed by atoms with Crippen LogP contribution in [0.5, 0.6) is 11.5 Å². The zero-order valence-electron chi connectivity index (χ0n) is 10.7. The lowest BCUT2D eigenvalue weighted by atomic mass is 10.3. The molecular formula is C12H13N2O4PS2. The van der Waals surface area contributed by atoms with Crippen molar-refractivity contribution in [2.75, 3.05) is 0 Å². The van der Waals surface area contributed by atoms with E-state index in [9.17, 15) is 13.5 Å². The molecule has 0 spiro atoms. The van der Waals surface area contributed by atoms with Crippen molar-refractivity contribution in [3.8, 4) is 11.5 Å². The average molecular weight is 344 g/mol. The number of hydrogen-bond acceptors (Lipinski definition) is 5. The molecule has 0 fully saturated rings. The summed E-state index contributed by atoms with van der Waals surface area (Å²) in [4.78, 5) is -0.179. The molecule has 0 amide bonds. The van der Waals surface area contributed by atoms with Crippen molar-refractivity contribution in [3.05, 3.63) is 48.5 Å². The fourth-order valence-corrected chi connectivity index (χ4v) is 3.85. The standard InChI is InChI=1S/C12H13N2O4PS2/c13-19(14,20)18-11-7-6-9(15)8-12(11)21(16,17)10-4-2-1-3-5-10/h1-8,15H,(H4,13,14,20). The molecular weight excluding hydrogens is 331 g/mol. The van der Waals surface area contributed by atoms with Crippen LogP contribution < -0.4 is 15.5 Å². The molecule has 0 heterocycles. The fourth-order valence-electron chi connectivity index (χ4n) is 1.66. The highest BCUT2D eigenvalue weighted by Crippen LogP contribution is 2.38. The Balaban J connectivity index is 2.63. The van der Waals surface area contributed by atoms with Crippen LogP contribution in [0.3, 0.4) is 0 Å². The summed E-state index contributed by atoms with van der Waals surface area (Å²) in [5.74, 6) is -0.302. The van der Waals surface area contributed by atoms with Crippen LogP contribution in [0.2, 0.25) is 0 Å². The first kappa shape index (κ1) is 15.9. The maximum absolute atomic E-state index is 12.6. The van der Waals surface area contributed by atoms with Crippen molar-refractivity contribution in [2.24, 2.45) is 11.0 Å². The van der Waals surface area contributed by atoms with Crippen molar-refractivity contribution >= 4 is 28.2 Å². The lowest BCUT2D eigenvalue weighted by molar-refractivity contribution is 0.470. The van der Waals surface area contributed by atoms with Gasteiger partial charge >= 0.3 is 0 Å². The average Bonchev–Trinajstić information content (AvgIpc) is 2.40. The van der Waals surface area contributed by atoms with Crippen LogP contribution in [0.1, 0.15) is 0 Å². The van der Waals surface area contributed by atoms with Gasteiger partial charge in [-0.2, -0.15) is 0 Å². The Morgan fingerprint density at radius 1 is 1.10 bits per heavy atom. The molecule has 0 aromatic heterocycles. The van der Waals surface area contributed by atoms with Gasteiger partial charge in [-0.3, -0.25) is 11.0 Å². The Morgan fingerprint density at radius 2 is 1.71 bits per heavy atom. The van der Waals surface area contributed by atoms with E-state index in [2.05, 4.69) is 0 Å². The van der Waals surface area contributed by atoms with Crippen LogP contribution in [0.4, 0.5) is 0 Å². The smallest absolute Gasteiger partial charge is 0.242 e. The third-order valence-electron chi connectivity index (χ3n) is 2.51. The molecule has 0 radical (unpaired) electrons. The number of hydrogen-bond donors (Lipinski definition) is 3. The van der Waals surface area contributed by atoms with Crippen molar-refractivity contribution in [3.63, 3.8) is 0 Å². The summed E-state index contributed by atoms with van der Waals surface area (Å²) in [7, 11) is -3.89.